The lowest BCUT2D eigenvalue weighted by Gasteiger charge is -2.34. The predicted octanol–water partition coefficient (Wildman–Crippen LogP) is 7.01. The largest absolute Gasteiger partial charge is 0.488 e. The number of benzene rings is 3. The number of aromatic nitrogens is 1. The van der Waals surface area contributed by atoms with Crippen molar-refractivity contribution in [2.45, 2.75) is 71.2 Å². The highest BCUT2D eigenvalue weighted by Crippen LogP contribution is 2.41. The van der Waals surface area contributed by atoms with E-state index >= 15 is 0 Å². The molecule has 0 saturated carbocycles. The van der Waals surface area contributed by atoms with Crippen molar-refractivity contribution in [1.82, 2.24) is 9.88 Å². The summed E-state index contributed by atoms with van der Waals surface area (Å²) < 4.78 is 13.1. The van der Waals surface area contributed by atoms with Crippen LogP contribution in [-0.2, 0) is 37.4 Å². The molecule has 1 unspecified atom stereocenters. The first kappa shape index (κ1) is 29.4. The normalized spacial score (nSPS) is 16.2. The molecule has 1 aliphatic heterocycles. The maximum atomic E-state index is 12.1. The molecule has 4 aromatic rings. The molecule has 1 fully saturated rings. The van der Waals surface area contributed by atoms with Gasteiger partial charge in [0.2, 0.25) is 0 Å². The van der Waals surface area contributed by atoms with E-state index in [1.54, 1.807) is 12.3 Å². The number of carboxylic acid groups (broad SMARTS) is 1. The van der Waals surface area contributed by atoms with Gasteiger partial charge < -0.3 is 14.6 Å². The van der Waals surface area contributed by atoms with Crippen molar-refractivity contribution in [1.29, 1.82) is 5.26 Å². The summed E-state index contributed by atoms with van der Waals surface area (Å²) in [6, 6.07) is 22.2. The Labute approximate surface area is 258 Å². The number of fused-ring (bicyclic) bond motifs is 1. The monoisotopic (exact) mass is 587 g/mol. The van der Waals surface area contributed by atoms with E-state index in [2.05, 4.69) is 65.3 Å². The molecule has 1 N–H and O–H groups in total. The minimum absolute atomic E-state index is 0.244. The highest BCUT2D eigenvalue weighted by Gasteiger charge is 2.32. The highest BCUT2D eigenvalue weighted by molar-refractivity contribution is 5.73. The standard InChI is InChI=1S/C37H37N3O4/c1-25-29(11-7-12-30(25)28-9-3-2-4-10-28)24-44-35-18-36(43-23-27-17-26(19-38)20-39-21-27)33(31-13-8-14-32(31)35)22-40-16-6-5-15-34(40)37(41)42/h2-4,7,9-12,17-18,20-21,34H,5-6,8,13-16,22-24H2,1H3,(H,41,42). The number of carbonyl (C=O) groups is 1. The molecule has 6 rings (SSSR count). The predicted molar refractivity (Wildman–Crippen MR) is 168 cm³/mol. The van der Waals surface area contributed by atoms with Gasteiger partial charge in [0.25, 0.3) is 0 Å². The molecule has 0 radical (unpaired) electrons. The van der Waals surface area contributed by atoms with Crippen LogP contribution in [0.2, 0.25) is 0 Å². The second-order valence-corrected chi connectivity index (χ2v) is 11.7. The third-order valence-electron chi connectivity index (χ3n) is 8.93. The number of ether oxygens (including phenoxy) is 2. The van der Waals surface area contributed by atoms with Gasteiger partial charge in [0.05, 0.1) is 5.56 Å². The van der Waals surface area contributed by atoms with Crippen LogP contribution < -0.4 is 9.47 Å². The smallest absolute Gasteiger partial charge is 0.320 e. The van der Waals surface area contributed by atoms with Crippen molar-refractivity contribution >= 4 is 5.97 Å². The van der Waals surface area contributed by atoms with E-state index in [-0.39, 0.29) is 6.61 Å². The average molecular weight is 588 g/mol. The number of piperidine rings is 1. The lowest BCUT2D eigenvalue weighted by molar-refractivity contribution is -0.144. The highest BCUT2D eigenvalue weighted by atomic mass is 16.5. The maximum absolute atomic E-state index is 12.1. The molecule has 2 aliphatic rings. The number of hydrogen-bond donors (Lipinski definition) is 1. The van der Waals surface area contributed by atoms with Crippen LogP contribution in [0.3, 0.4) is 0 Å². The Balaban J connectivity index is 1.33. The van der Waals surface area contributed by atoms with Gasteiger partial charge in [-0.15, -0.1) is 0 Å². The fraction of sp³-hybridized carbons (Fsp3) is 0.324. The van der Waals surface area contributed by atoms with Gasteiger partial charge in [-0.1, -0.05) is 55.0 Å². The second-order valence-electron chi connectivity index (χ2n) is 11.7. The fourth-order valence-corrected chi connectivity index (χ4v) is 6.60. The Morgan fingerprint density at radius 3 is 2.61 bits per heavy atom. The van der Waals surface area contributed by atoms with Gasteiger partial charge in [-0.25, -0.2) is 0 Å². The number of aliphatic carboxylic acids is 1. The Kier molecular flexibility index (Phi) is 8.90. The van der Waals surface area contributed by atoms with Crippen LogP contribution >= 0.6 is 0 Å². The molecule has 2 heterocycles. The minimum atomic E-state index is -0.767. The summed E-state index contributed by atoms with van der Waals surface area (Å²) in [7, 11) is 0. The van der Waals surface area contributed by atoms with E-state index in [1.807, 2.05) is 12.1 Å². The van der Waals surface area contributed by atoms with Gasteiger partial charge in [-0.05, 0) is 85.0 Å². The SMILES string of the molecule is Cc1c(COc2cc(OCc3cncc(C#N)c3)c(CN3CCCCC3C(=O)O)c3c2CCC3)cccc1-c1ccccc1. The molecule has 1 aromatic heterocycles. The van der Waals surface area contributed by atoms with Gasteiger partial charge >= 0.3 is 5.97 Å². The molecule has 0 spiro atoms. The lowest BCUT2D eigenvalue weighted by Crippen LogP contribution is -2.44. The van der Waals surface area contributed by atoms with Crippen molar-refractivity contribution < 1.29 is 19.4 Å². The van der Waals surface area contributed by atoms with Gasteiger partial charge in [-0.3, -0.25) is 14.7 Å². The van der Waals surface area contributed by atoms with E-state index in [9.17, 15) is 15.2 Å². The van der Waals surface area contributed by atoms with Crippen LogP contribution in [0.1, 0.15) is 64.6 Å². The molecule has 0 bridgehead atoms. The molecule has 7 heteroatoms. The molecule has 44 heavy (non-hydrogen) atoms. The number of nitrogens with zero attached hydrogens (tertiary/aromatic N) is 3. The zero-order chi connectivity index (χ0) is 30.5. The first-order chi connectivity index (χ1) is 21.5. The molecular formula is C37H37N3O4. The molecule has 1 atom stereocenters. The van der Waals surface area contributed by atoms with E-state index in [0.717, 1.165) is 61.1 Å². The van der Waals surface area contributed by atoms with Crippen molar-refractivity contribution in [2.75, 3.05) is 6.54 Å². The van der Waals surface area contributed by atoms with Crippen LogP contribution in [0.15, 0.2) is 73.1 Å². The number of nitriles is 1. The third kappa shape index (κ3) is 6.31. The van der Waals surface area contributed by atoms with Crippen molar-refractivity contribution in [3.8, 4) is 28.7 Å². The molecule has 3 aromatic carbocycles. The summed E-state index contributed by atoms with van der Waals surface area (Å²) in [6.07, 6.45) is 8.64. The third-order valence-corrected chi connectivity index (χ3v) is 8.93. The van der Waals surface area contributed by atoms with Crippen molar-refractivity contribution in [3.63, 3.8) is 0 Å². The summed E-state index contributed by atoms with van der Waals surface area (Å²) in [5.41, 5.74) is 9.43. The van der Waals surface area contributed by atoms with E-state index < -0.39 is 12.0 Å². The molecule has 7 nitrogen and oxygen atoms in total. The number of pyridine rings is 1. The number of carboxylic acids is 1. The van der Waals surface area contributed by atoms with Crippen molar-refractivity contribution in [3.05, 3.63) is 112 Å². The molecule has 1 saturated heterocycles. The summed E-state index contributed by atoms with van der Waals surface area (Å²) in [5.74, 6) is 0.752. The molecule has 224 valence electrons. The second kappa shape index (κ2) is 13.3. The maximum Gasteiger partial charge on any atom is 0.320 e. The quantitative estimate of drug-likeness (QED) is 0.213. The lowest BCUT2D eigenvalue weighted by atomic mass is 9.96. The summed E-state index contributed by atoms with van der Waals surface area (Å²) in [6.45, 7) is 4.08. The zero-order valence-corrected chi connectivity index (χ0v) is 25.1. The van der Waals surface area contributed by atoms with Crippen LogP contribution in [0.4, 0.5) is 0 Å². The summed E-state index contributed by atoms with van der Waals surface area (Å²) in [5, 5.41) is 19.3. The average Bonchev–Trinajstić information content (AvgIpc) is 3.55. The van der Waals surface area contributed by atoms with Gasteiger partial charge in [-0.2, -0.15) is 5.26 Å². The topological polar surface area (TPSA) is 95.7 Å². The van der Waals surface area contributed by atoms with E-state index in [1.165, 1.54) is 34.0 Å². The first-order valence-corrected chi connectivity index (χ1v) is 15.4. The van der Waals surface area contributed by atoms with Crippen LogP contribution in [0, 0.1) is 18.3 Å². The zero-order valence-electron chi connectivity index (χ0n) is 25.1. The Hall–Kier alpha value is -4.67. The Bertz CT molecular complexity index is 1700. The molecule has 1 aliphatic carbocycles. The Morgan fingerprint density at radius 2 is 1.80 bits per heavy atom. The summed E-state index contributed by atoms with van der Waals surface area (Å²) in [4.78, 5) is 18.4. The number of likely N-dealkylation sites (tertiary alicyclic amines) is 1. The molecular weight excluding hydrogens is 550 g/mol. The van der Waals surface area contributed by atoms with Crippen LogP contribution in [0.25, 0.3) is 11.1 Å². The number of rotatable bonds is 10. The first-order valence-electron chi connectivity index (χ1n) is 15.4. The number of hydrogen-bond acceptors (Lipinski definition) is 6. The van der Waals surface area contributed by atoms with Gasteiger partial charge in [0.1, 0.15) is 36.8 Å². The van der Waals surface area contributed by atoms with Crippen LogP contribution in [-0.4, -0.2) is 33.5 Å². The summed E-state index contributed by atoms with van der Waals surface area (Å²) >= 11 is 0. The van der Waals surface area contributed by atoms with Gasteiger partial charge in [0, 0.05) is 36.1 Å². The van der Waals surface area contributed by atoms with E-state index in [0.29, 0.717) is 30.9 Å². The molecule has 0 amide bonds. The van der Waals surface area contributed by atoms with Crippen LogP contribution in [0.5, 0.6) is 11.5 Å². The van der Waals surface area contributed by atoms with Crippen molar-refractivity contribution in [2.24, 2.45) is 0 Å². The van der Waals surface area contributed by atoms with E-state index in [4.69, 9.17) is 9.47 Å². The minimum Gasteiger partial charge on any atom is -0.488 e. The van der Waals surface area contributed by atoms with Gasteiger partial charge in [0.15, 0.2) is 0 Å². The fourth-order valence-electron chi connectivity index (χ4n) is 6.60. The Morgan fingerprint density at radius 1 is 0.977 bits per heavy atom.